The number of benzene rings is 1. The number of aryl methyl sites for hydroxylation is 1. The third-order valence-electron chi connectivity index (χ3n) is 4.36. The van der Waals surface area contributed by atoms with Gasteiger partial charge in [0.1, 0.15) is 5.75 Å². The lowest BCUT2D eigenvalue weighted by molar-refractivity contribution is -0.135. The van der Waals surface area contributed by atoms with E-state index in [1.165, 1.54) is 31.2 Å². The molecule has 0 heterocycles. The SMILES string of the molecule is Cc1cccc(OCCCC(=O)N(C(C)C)C2CCCC2)c1. The summed E-state index contributed by atoms with van der Waals surface area (Å²) in [7, 11) is 0. The van der Waals surface area contributed by atoms with Gasteiger partial charge in [0.2, 0.25) is 5.91 Å². The minimum atomic E-state index is 0.287. The van der Waals surface area contributed by atoms with Crippen molar-refractivity contribution in [1.82, 2.24) is 4.90 Å². The Morgan fingerprint density at radius 2 is 2.05 bits per heavy atom. The highest BCUT2D eigenvalue weighted by Crippen LogP contribution is 2.26. The van der Waals surface area contributed by atoms with E-state index < -0.39 is 0 Å². The molecule has 0 aliphatic heterocycles. The Hall–Kier alpha value is -1.51. The van der Waals surface area contributed by atoms with Crippen LogP contribution in [0.15, 0.2) is 24.3 Å². The predicted octanol–water partition coefficient (Wildman–Crippen LogP) is 4.33. The second-order valence-electron chi connectivity index (χ2n) is 6.60. The zero-order valence-corrected chi connectivity index (χ0v) is 14.2. The Kier molecular flexibility index (Phi) is 6.29. The fraction of sp³-hybridized carbons (Fsp3) is 0.632. The zero-order valence-electron chi connectivity index (χ0n) is 14.2. The van der Waals surface area contributed by atoms with E-state index in [-0.39, 0.29) is 5.91 Å². The van der Waals surface area contributed by atoms with Crippen molar-refractivity contribution in [2.45, 2.75) is 71.4 Å². The van der Waals surface area contributed by atoms with Gasteiger partial charge in [-0.05, 0) is 57.7 Å². The normalized spacial score (nSPS) is 15.3. The zero-order chi connectivity index (χ0) is 15.9. The summed E-state index contributed by atoms with van der Waals surface area (Å²) in [6.45, 7) is 6.91. The second-order valence-corrected chi connectivity index (χ2v) is 6.60. The Balaban J connectivity index is 1.76. The molecule has 0 aromatic heterocycles. The summed E-state index contributed by atoms with van der Waals surface area (Å²) < 4.78 is 5.73. The third kappa shape index (κ3) is 4.75. The minimum absolute atomic E-state index is 0.287. The lowest BCUT2D eigenvalue weighted by Crippen LogP contribution is -2.43. The van der Waals surface area contributed by atoms with Gasteiger partial charge in [-0.1, -0.05) is 25.0 Å². The van der Waals surface area contributed by atoms with Gasteiger partial charge in [0.15, 0.2) is 0 Å². The summed E-state index contributed by atoms with van der Waals surface area (Å²) >= 11 is 0. The Bertz CT molecular complexity index is 478. The van der Waals surface area contributed by atoms with E-state index in [9.17, 15) is 4.79 Å². The Morgan fingerprint density at radius 1 is 1.32 bits per heavy atom. The van der Waals surface area contributed by atoms with Crippen LogP contribution in [0.3, 0.4) is 0 Å². The van der Waals surface area contributed by atoms with Crippen LogP contribution >= 0.6 is 0 Å². The van der Waals surface area contributed by atoms with Crippen LogP contribution in [0, 0.1) is 6.92 Å². The van der Waals surface area contributed by atoms with E-state index in [1.54, 1.807) is 0 Å². The van der Waals surface area contributed by atoms with Gasteiger partial charge in [-0.25, -0.2) is 0 Å². The van der Waals surface area contributed by atoms with E-state index in [2.05, 4.69) is 31.7 Å². The van der Waals surface area contributed by atoms with Gasteiger partial charge < -0.3 is 9.64 Å². The first-order valence-electron chi connectivity index (χ1n) is 8.58. The average molecular weight is 303 g/mol. The molecule has 1 aliphatic carbocycles. The highest BCUT2D eigenvalue weighted by Gasteiger charge is 2.28. The first kappa shape index (κ1) is 16.9. The van der Waals surface area contributed by atoms with Crippen molar-refractivity contribution >= 4 is 5.91 Å². The molecule has 0 bridgehead atoms. The number of hydrogen-bond donors (Lipinski definition) is 0. The van der Waals surface area contributed by atoms with Crippen molar-refractivity contribution in [1.29, 1.82) is 0 Å². The third-order valence-corrected chi connectivity index (χ3v) is 4.36. The molecule has 0 saturated heterocycles. The monoisotopic (exact) mass is 303 g/mol. The highest BCUT2D eigenvalue weighted by atomic mass is 16.5. The molecule has 1 aromatic carbocycles. The van der Waals surface area contributed by atoms with Crippen molar-refractivity contribution in [2.24, 2.45) is 0 Å². The Morgan fingerprint density at radius 3 is 2.68 bits per heavy atom. The van der Waals surface area contributed by atoms with Crippen molar-refractivity contribution in [2.75, 3.05) is 6.61 Å². The molecule has 1 fully saturated rings. The fourth-order valence-electron chi connectivity index (χ4n) is 3.34. The highest BCUT2D eigenvalue weighted by molar-refractivity contribution is 5.76. The number of carbonyl (C=O) groups excluding carboxylic acids is 1. The molecule has 3 heteroatoms. The molecule has 0 atom stereocenters. The van der Waals surface area contributed by atoms with E-state index in [0.29, 0.717) is 25.1 Å². The number of nitrogens with zero attached hydrogens (tertiary/aromatic N) is 1. The molecule has 3 nitrogen and oxygen atoms in total. The van der Waals surface area contributed by atoms with Crippen molar-refractivity contribution < 1.29 is 9.53 Å². The largest absolute Gasteiger partial charge is 0.494 e. The minimum Gasteiger partial charge on any atom is -0.494 e. The first-order valence-corrected chi connectivity index (χ1v) is 8.58. The summed E-state index contributed by atoms with van der Waals surface area (Å²) in [5.41, 5.74) is 1.20. The summed E-state index contributed by atoms with van der Waals surface area (Å²) in [4.78, 5) is 14.6. The molecular formula is C19H29NO2. The van der Waals surface area contributed by atoms with Crippen LogP contribution in [0.5, 0.6) is 5.75 Å². The molecule has 1 saturated carbocycles. The van der Waals surface area contributed by atoms with Gasteiger partial charge in [0, 0.05) is 18.5 Å². The summed E-state index contributed by atoms with van der Waals surface area (Å²) in [6.07, 6.45) is 6.23. The van der Waals surface area contributed by atoms with Gasteiger partial charge in [-0.2, -0.15) is 0 Å². The maximum atomic E-state index is 12.5. The maximum absolute atomic E-state index is 12.5. The van der Waals surface area contributed by atoms with E-state index >= 15 is 0 Å². The molecular weight excluding hydrogens is 274 g/mol. The summed E-state index contributed by atoms with van der Waals surface area (Å²) in [5, 5.41) is 0. The van der Waals surface area contributed by atoms with Crippen LogP contribution in [-0.4, -0.2) is 29.5 Å². The number of amides is 1. The number of carbonyl (C=O) groups is 1. The van der Waals surface area contributed by atoms with Crippen molar-refractivity contribution in [3.63, 3.8) is 0 Å². The molecule has 1 amide bonds. The fourth-order valence-corrected chi connectivity index (χ4v) is 3.34. The van der Waals surface area contributed by atoms with Gasteiger partial charge >= 0.3 is 0 Å². The van der Waals surface area contributed by atoms with Crippen LogP contribution in [0.2, 0.25) is 0 Å². The number of ether oxygens (including phenoxy) is 1. The van der Waals surface area contributed by atoms with Gasteiger partial charge in [-0.15, -0.1) is 0 Å². The molecule has 1 aliphatic rings. The average Bonchev–Trinajstić information content (AvgIpc) is 2.97. The molecule has 2 rings (SSSR count). The van der Waals surface area contributed by atoms with Crippen LogP contribution in [-0.2, 0) is 4.79 Å². The molecule has 0 spiro atoms. The molecule has 0 unspecified atom stereocenters. The lowest BCUT2D eigenvalue weighted by atomic mass is 10.1. The van der Waals surface area contributed by atoms with Crippen molar-refractivity contribution in [3.05, 3.63) is 29.8 Å². The summed E-state index contributed by atoms with van der Waals surface area (Å²) in [5.74, 6) is 1.18. The van der Waals surface area contributed by atoms with Crippen LogP contribution in [0.1, 0.15) is 57.9 Å². The van der Waals surface area contributed by atoms with E-state index in [4.69, 9.17) is 4.74 Å². The molecule has 1 aromatic rings. The number of rotatable bonds is 7. The van der Waals surface area contributed by atoms with Gasteiger partial charge in [0.25, 0.3) is 0 Å². The lowest BCUT2D eigenvalue weighted by Gasteiger charge is -2.33. The van der Waals surface area contributed by atoms with Gasteiger partial charge in [0.05, 0.1) is 6.61 Å². The van der Waals surface area contributed by atoms with Crippen LogP contribution in [0.25, 0.3) is 0 Å². The number of hydrogen-bond acceptors (Lipinski definition) is 2. The standard InChI is InChI=1S/C19H29NO2/c1-15(2)20(17-9-4-5-10-17)19(21)12-7-13-22-18-11-6-8-16(3)14-18/h6,8,11,14-15,17H,4-5,7,9-10,12-13H2,1-3H3. The smallest absolute Gasteiger partial charge is 0.223 e. The summed E-state index contributed by atoms with van der Waals surface area (Å²) in [6, 6.07) is 8.81. The predicted molar refractivity (Wildman–Crippen MR) is 90.1 cm³/mol. The van der Waals surface area contributed by atoms with Crippen LogP contribution < -0.4 is 4.74 Å². The van der Waals surface area contributed by atoms with Crippen molar-refractivity contribution in [3.8, 4) is 5.75 Å². The quantitative estimate of drug-likeness (QED) is 0.702. The van der Waals surface area contributed by atoms with E-state index in [1.807, 2.05) is 18.2 Å². The second kappa shape index (κ2) is 8.21. The first-order chi connectivity index (χ1) is 10.6. The van der Waals surface area contributed by atoms with E-state index in [0.717, 1.165) is 12.2 Å². The molecule has 0 N–H and O–H groups in total. The van der Waals surface area contributed by atoms with Crippen LogP contribution in [0.4, 0.5) is 0 Å². The molecule has 0 radical (unpaired) electrons. The van der Waals surface area contributed by atoms with Gasteiger partial charge in [-0.3, -0.25) is 4.79 Å². The Labute approximate surface area is 134 Å². The maximum Gasteiger partial charge on any atom is 0.223 e. The molecule has 22 heavy (non-hydrogen) atoms. The molecule has 122 valence electrons. The topological polar surface area (TPSA) is 29.5 Å².